The van der Waals surface area contributed by atoms with E-state index in [0.717, 1.165) is 9.39 Å². The van der Waals surface area contributed by atoms with E-state index in [1.54, 1.807) is 36.7 Å². The second-order valence-electron chi connectivity index (χ2n) is 3.64. The zero-order valence-corrected chi connectivity index (χ0v) is 12.4. The van der Waals surface area contributed by atoms with Crippen LogP contribution in [0, 0.1) is 3.57 Å². The fourth-order valence-corrected chi connectivity index (χ4v) is 2.83. The molecule has 0 amide bonds. The molecule has 0 saturated carbocycles. The molecule has 2 N–H and O–H groups in total. The average molecular weight is 377 g/mol. The predicted molar refractivity (Wildman–Crippen MR) is 76.6 cm³/mol. The monoisotopic (exact) mass is 377 g/mol. The maximum atomic E-state index is 11.9. The molecule has 0 aliphatic heterocycles. The van der Waals surface area contributed by atoms with Gasteiger partial charge in [0.2, 0.25) is 10.0 Å². The van der Waals surface area contributed by atoms with Gasteiger partial charge in [0.1, 0.15) is 5.82 Å². The number of nitrogens with one attached hydrogen (secondary N) is 2. The van der Waals surface area contributed by atoms with Crippen LogP contribution in [0.3, 0.4) is 0 Å². The quantitative estimate of drug-likeness (QED) is 0.777. The minimum Gasteiger partial charge on any atom is -0.349 e. The van der Waals surface area contributed by atoms with Crippen molar-refractivity contribution in [3.8, 4) is 0 Å². The van der Waals surface area contributed by atoms with Gasteiger partial charge in [0.05, 0.1) is 4.90 Å². The molecule has 0 spiro atoms. The van der Waals surface area contributed by atoms with E-state index in [1.807, 2.05) is 0 Å². The molecule has 0 aliphatic carbocycles. The van der Waals surface area contributed by atoms with Crippen molar-refractivity contribution in [3.05, 3.63) is 46.1 Å². The third-order valence-corrected chi connectivity index (χ3v) is 4.53. The molecule has 0 radical (unpaired) electrons. The summed E-state index contributed by atoms with van der Waals surface area (Å²) in [6.45, 7) is 0.321. The normalized spacial score (nSPS) is 11.6. The van der Waals surface area contributed by atoms with Crippen LogP contribution in [0.25, 0.3) is 0 Å². The Bertz CT molecular complexity index is 594. The van der Waals surface area contributed by atoms with E-state index in [9.17, 15) is 8.42 Å². The van der Waals surface area contributed by atoms with Gasteiger partial charge in [-0.25, -0.2) is 18.1 Å². The number of hydrogen-bond acceptors (Lipinski definition) is 3. The van der Waals surface area contributed by atoms with E-state index in [1.165, 1.54) is 0 Å². The first-order valence-electron chi connectivity index (χ1n) is 5.31. The van der Waals surface area contributed by atoms with E-state index in [0.29, 0.717) is 13.0 Å². The fraction of sp³-hybridized carbons (Fsp3) is 0.182. The number of hydrogen-bond donors (Lipinski definition) is 2. The average Bonchev–Trinajstić information content (AvgIpc) is 2.82. The van der Waals surface area contributed by atoms with Gasteiger partial charge in [-0.2, -0.15) is 0 Å². The standard InChI is InChI=1S/C11H12IN3O2S/c12-9-1-3-10(4-2-9)18(16,17)15-6-5-11-13-7-8-14-11/h1-4,7-8,15H,5-6H2,(H,13,14). The summed E-state index contributed by atoms with van der Waals surface area (Å²) in [6.07, 6.45) is 3.89. The lowest BCUT2D eigenvalue weighted by molar-refractivity contribution is 0.581. The number of benzene rings is 1. The molecule has 96 valence electrons. The van der Waals surface area contributed by atoms with Crippen LogP contribution in [-0.4, -0.2) is 24.9 Å². The van der Waals surface area contributed by atoms with Gasteiger partial charge < -0.3 is 4.98 Å². The Kier molecular flexibility index (Phi) is 4.36. The van der Waals surface area contributed by atoms with Gasteiger partial charge in [0.15, 0.2) is 0 Å². The van der Waals surface area contributed by atoms with Gasteiger partial charge in [-0.3, -0.25) is 0 Å². The van der Waals surface area contributed by atoms with Crippen molar-refractivity contribution in [3.63, 3.8) is 0 Å². The Morgan fingerprint density at radius 2 is 2.00 bits per heavy atom. The molecule has 0 atom stereocenters. The van der Waals surface area contributed by atoms with Crippen LogP contribution in [-0.2, 0) is 16.4 Å². The van der Waals surface area contributed by atoms with Crippen LogP contribution in [0.5, 0.6) is 0 Å². The van der Waals surface area contributed by atoms with Crippen LogP contribution in [0.1, 0.15) is 5.82 Å². The topological polar surface area (TPSA) is 74.8 Å². The predicted octanol–water partition coefficient (Wildman–Crippen LogP) is 1.54. The first kappa shape index (κ1) is 13.5. The molecule has 1 heterocycles. The molecule has 2 aromatic rings. The summed E-state index contributed by atoms with van der Waals surface area (Å²) in [5.41, 5.74) is 0. The molecule has 0 saturated heterocycles. The summed E-state index contributed by atoms with van der Waals surface area (Å²) in [4.78, 5) is 7.23. The molecule has 0 fully saturated rings. The molecule has 2 rings (SSSR count). The van der Waals surface area contributed by atoms with Gasteiger partial charge in [0.25, 0.3) is 0 Å². The summed E-state index contributed by atoms with van der Waals surface area (Å²) in [7, 11) is -3.43. The van der Waals surface area contributed by atoms with E-state index in [4.69, 9.17) is 0 Å². The Hall–Kier alpha value is -0.930. The number of rotatable bonds is 5. The summed E-state index contributed by atoms with van der Waals surface area (Å²) in [6, 6.07) is 6.72. The van der Waals surface area contributed by atoms with Crippen molar-refractivity contribution in [1.82, 2.24) is 14.7 Å². The molecule has 1 aromatic carbocycles. The van der Waals surface area contributed by atoms with Gasteiger partial charge in [0, 0.05) is 28.9 Å². The van der Waals surface area contributed by atoms with Crippen molar-refractivity contribution >= 4 is 32.6 Å². The Labute approximate surface area is 119 Å². The zero-order valence-electron chi connectivity index (χ0n) is 9.43. The van der Waals surface area contributed by atoms with Gasteiger partial charge >= 0.3 is 0 Å². The Balaban J connectivity index is 1.97. The van der Waals surface area contributed by atoms with E-state index >= 15 is 0 Å². The van der Waals surface area contributed by atoms with Crippen LogP contribution >= 0.6 is 22.6 Å². The van der Waals surface area contributed by atoms with E-state index in [2.05, 4.69) is 37.3 Å². The highest BCUT2D eigenvalue weighted by atomic mass is 127. The molecule has 0 unspecified atom stereocenters. The van der Waals surface area contributed by atoms with Crippen molar-refractivity contribution < 1.29 is 8.42 Å². The molecular formula is C11H12IN3O2S. The van der Waals surface area contributed by atoms with Gasteiger partial charge in [-0.15, -0.1) is 0 Å². The largest absolute Gasteiger partial charge is 0.349 e. The lowest BCUT2D eigenvalue weighted by Gasteiger charge is -2.05. The third-order valence-electron chi connectivity index (χ3n) is 2.33. The summed E-state index contributed by atoms with van der Waals surface area (Å²) in [5.74, 6) is 0.764. The molecular weight excluding hydrogens is 365 g/mol. The number of aromatic nitrogens is 2. The number of imidazole rings is 1. The highest BCUT2D eigenvalue weighted by Crippen LogP contribution is 2.11. The summed E-state index contributed by atoms with van der Waals surface area (Å²) >= 11 is 2.13. The smallest absolute Gasteiger partial charge is 0.240 e. The van der Waals surface area contributed by atoms with Crippen LogP contribution in [0.4, 0.5) is 0 Å². The summed E-state index contributed by atoms with van der Waals surface area (Å²) in [5, 5.41) is 0. The maximum absolute atomic E-state index is 11.9. The van der Waals surface area contributed by atoms with Crippen molar-refractivity contribution in [2.24, 2.45) is 0 Å². The molecule has 0 bridgehead atoms. The molecule has 1 aromatic heterocycles. The lowest BCUT2D eigenvalue weighted by Crippen LogP contribution is -2.26. The highest BCUT2D eigenvalue weighted by Gasteiger charge is 2.12. The Morgan fingerprint density at radius 1 is 1.28 bits per heavy atom. The SMILES string of the molecule is O=S(=O)(NCCc1ncc[nH]1)c1ccc(I)cc1. The number of halogens is 1. The van der Waals surface area contributed by atoms with Crippen LogP contribution < -0.4 is 4.72 Å². The van der Waals surface area contributed by atoms with E-state index < -0.39 is 10.0 Å². The van der Waals surface area contributed by atoms with Crippen molar-refractivity contribution in [1.29, 1.82) is 0 Å². The molecule has 0 aliphatic rings. The highest BCUT2D eigenvalue weighted by molar-refractivity contribution is 14.1. The molecule has 5 nitrogen and oxygen atoms in total. The second-order valence-corrected chi connectivity index (χ2v) is 6.65. The fourth-order valence-electron chi connectivity index (χ4n) is 1.44. The van der Waals surface area contributed by atoms with Gasteiger partial charge in [-0.05, 0) is 46.9 Å². The maximum Gasteiger partial charge on any atom is 0.240 e. The minimum atomic E-state index is -3.43. The molecule has 7 heteroatoms. The number of aromatic amines is 1. The van der Waals surface area contributed by atoms with Crippen molar-refractivity contribution in [2.45, 2.75) is 11.3 Å². The third kappa shape index (κ3) is 3.53. The lowest BCUT2D eigenvalue weighted by atomic mass is 10.4. The van der Waals surface area contributed by atoms with Crippen molar-refractivity contribution in [2.75, 3.05) is 6.54 Å². The molecule has 18 heavy (non-hydrogen) atoms. The minimum absolute atomic E-state index is 0.280. The van der Waals surface area contributed by atoms with Gasteiger partial charge in [-0.1, -0.05) is 0 Å². The number of sulfonamides is 1. The van der Waals surface area contributed by atoms with E-state index in [-0.39, 0.29) is 4.90 Å². The number of nitrogens with zero attached hydrogens (tertiary/aromatic N) is 1. The summed E-state index contributed by atoms with van der Waals surface area (Å²) < 4.78 is 27.4. The first-order chi connectivity index (χ1) is 8.58. The van der Waals surface area contributed by atoms with Crippen LogP contribution in [0.15, 0.2) is 41.6 Å². The first-order valence-corrected chi connectivity index (χ1v) is 7.87. The number of H-pyrrole nitrogens is 1. The van der Waals surface area contributed by atoms with Crippen LogP contribution in [0.2, 0.25) is 0 Å². The second kappa shape index (κ2) is 5.81. The Morgan fingerprint density at radius 3 is 2.61 bits per heavy atom. The zero-order chi connectivity index (χ0) is 13.0.